The fraction of sp³-hybridized carbons (Fsp3) is 0.500. The first-order valence-corrected chi connectivity index (χ1v) is 10.9. The number of likely N-dealkylation sites (tertiary alicyclic amines) is 1. The topological polar surface area (TPSA) is 86.2 Å². The van der Waals surface area contributed by atoms with E-state index < -0.39 is 5.60 Å². The SMILES string of the molecule is COc1ccc2c(c1)C=C(CN1C[C@@H]3CC[C@@](O)(c4cnc(OC)nc4OC)[C@@H]3C1)CO2. The third-order valence-corrected chi connectivity index (χ3v) is 7.02. The molecular formula is C24H29N3O5. The summed E-state index contributed by atoms with van der Waals surface area (Å²) in [4.78, 5) is 10.9. The molecule has 1 saturated carbocycles. The van der Waals surface area contributed by atoms with Gasteiger partial charge in [-0.3, -0.25) is 4.90 Å². The van der Waals surface area contributed by atoms with E-state index in [1.807, 2.05) is 18.2 Å². The molecule has 32 heavy (non-hydrogen) atoms. The van der Waals surface area contributed by atoms with Gasteiger partial charge in [0.15, 0.2) is 0 Å². The van der Waals surface area contributed by atoms with E-state index in [1.165, 1.54) is 12.7 Å². The maximum Gasteiger partial charge on any atom is 0.319 e. The highest BCUT2D eigenvalue weighted by Crippen LogP contribution is 2.52. The second-order valence-corrected chi connectivity index (χ2v) is 8.80. The van der Waals surface area contributed by atoms with Gasteiger partial charge in [0.1, 0.15) is 23.7 Å². The summed E-state index contributed by atoms with van der Waals surface area (Å²) in [5.74, 6) is 2.61. The highest BCUT2D eigenvalue weighted by molar-refractivity contribution is 5.64. The second-order valence-electron chi connectivity index (χ2n) is 8.80. The van der Waals surface area contributed by atoms with Gasteiger partial charge in [0.2, 0.25) is 5.88 Å². The van der Waals surface area contributed by atoms with Gasteiger partial charge in [-0.1, -0.05) is 0 Å². The summed E-state index contributed by atoms with van der Waals surface area (Å²) in [6.45, 7) is 3.15. The summed E-state index contributed by atoms with van der Waals surface area (Å²) in [5.41, 5.74) is 1.91. The van der Waals surface area contributed by atoms with E-state index in [0.29, 0.717) is 30.4 Å². The van der Waals surface area contributed by atoms with Crippen molar-refractivity contribution in [1.82, 2.24) is 14.9 Å². The Kier molecular flexibility index (Phi) is 5.43. The summed E-state index contributed by atoms with van der Waals surface area (Å²) in [5, 5.41) is 11.7. The summed E-state index contributed by atoms with van der Waals surface area (Å²) >= 11 is 0. The molecule has 2 aromatic rings. The Balaban J connectivity index is 1.33. The molecule has 1 aliphatic carbocycles. The lowest BCUT2D eigenvalue weighted by Gasteiger charge is -2.31. The van der Waals surface area contributed by atoms with Crippen LogP contribution in [-0.4, -0.2) is 67.5 Å². The number of methoxy groups -OCH3 is 3. The van der Waals surface area contributed by atoms with E-state index >= 15 is 0 Å². The van der Waals surface area contributed by atoms with Crippen molar-refractivity contribution in [3.63, 3.8) is 0 Å². The summed E-state index contributed by atoms with van der Waals surface area (Å²) < 4.78 is 21.9. The first-order valence-electron chi connectivity index (χ1n) is 10.9. The number of aromatic nitrogens is 2. The molecule has 2 fully saturated rings. The summed E-state index contributed by atoms with van der Waals surface area (Å²) in [7, 11) is 4.75. The van der Waals surface area contributed by atoms with Crippen molar-refractivity contribution in [3.8, 4) is 23.4 Å². The number of benzene rings is 1. The van der Waals surface area contributed by atoms with Crippen molar-refractivity contribution < 1.29 is 24.1 Å². The van der Waals surface area contributed by atoms with Crippen molar-refractivity contribution >= 4 is 6.08 Å². The van der Waals surface area contributed by atoms with E-state index in [2.05, 4.69) is 20.9 Å². The number of hydrogen-bond acceptors (Lipinski definition) is 8. The van der Waals surface area contributed by atoms with Gasteiger partial charge in [-0.2, -0.15) is 4.98 Å². The molecule has 0 amide bonds. The van der Waals surface area contributed by atoms with Gasteiger partial charge in [-0.05, 0) is 48.6 Å². The van der Waals surface area contributed by atoms with Crippen molar-refractivity contribution in [2.45, 2.75) is 18.4 Å². The average Bonchev–Trinajstić information content (AvgIpc) is 3.37. The maximum absolute atomic E-state index is 11.7. The van der Waals surface area contributed by atoms with Gasteiger partial charge in [-0.15, -0.1) is 0 Å². The minimum atomic E-state index is -1.01. The van der Waals surface area contributed by atoms with Crippen LogP contribution in [0.4, 0.5) is 0 Å². The van der Waals surface area contributed by atoms with E-state index in [1.54, 1.807) is 20.4 Å². The Bertz CT molecular complexity index is 1040. The summed E-state index contributed by atoms with van der Waals surface area (Å²) in [6.07, 6.45) is 5.49. The van der Waals surface area contributed by atoms with Crippen LogP contribution in [0, 0.1) is 11.8 Å². The molecule has 0 spiro atoms. The Morgan fingerprint density at radius 3 is 2.84 bits per heavy atom. The molecule has 3 heterocycles. The van der Waals surface area contributed by atoms with Crippen LogP contribution in [0.2, 0.25) is 0 Å². The van der Waals surface area contributed by atoms with Crippen LogP contribution in [0.25, 0.3) is 6.08 Å². The van der Waals surface area contributed by atoms with Crippen LogP contribution in [0.15, 0.2) is 30.0 Å². The molecule has 8 nitrogen and oxygen atoms in total. The maximum atomic E-state index is 11.7. The molecule has 1 N–H and O–H groups in total. The summed E-state index contributed by atoms with van der Waals surface area (Å²) in [6, 6.07) is 6.10. The highest BCUT2D eigenvalue weighted by Gasteiger charge is 2.54. The minimum Gasteiger partial charge on any atom is -0.497 e. The molecule has 0 bridgehead atoms. The number of aliphatic hydroxyl groups is 1. The first-order chi connectivity index (χ1) is 15.5. The van der Waals surface area contributed by atoms with E-state index in [-0.39, 0.29) is 11.9 Å². The Hall–Kier alpha value is -2.84. The monoisotopic (exact) mass is 439 g/mol. The molecule has 3 atom stereocenters. The Morgan fingerprint density at radius 2 is 2.06 bits per heavy atom. The van der Waals surface area contributed by atoms with E-state index in [0.717, 1.165) is 43.1 Å². The van der Waals surface area contributed by atoms with Crippen LogP contribution >= 0.6 is 0 Å². The fourth-order valence-corrected chi connectivity index (χ4v) is 5.46. The molecular weight excluding hydrogens is 410 g/mol. The van der Waals surface area contributed by atoms with Crippen LogP contribution in [-0.2, 0) is 5.60 Å². The predicted molar refractivity (Wildman–Crippen MR) is 118 cm³/mol. The number of ether oxygens (including phenoxy) is 4. The number of nitrogens with zero attached hydrogens (tertiary/aromatic N) is 3. The lowest BCUT2D eigenvalue weighted by atomic mass is 9.83. The number of rotatable bonds is 6. The van der Waals surface area contributed by atoms with Crippen LogP contribution in [0.3, 0.4) is 0 Å². The standard InChI is InChI=1S/C24H29N3O5/c1-29-18-4-5-21-17(9-18)8-15(14-32-21)11-27-12-16-6-7-24(28,20(16)13-27)19-10-25-23(31-3)26-22(19)30-2/h4-5,8-10,16,20,28H,6-7,11-14H2,1-3H3/t16-,20+,24+/m0/s1. The molecule has 1 aromatic heterocycles. The zero-order valence-electron chi connectivity index (χ0n) is 18.7. The zero-order valence-corrected chi connectivity index (χ0v) is 18.7. The molecule has 1 aromatic carbocycles. The first kappa shape index (κ1) is 21.0. The van der Waals surface area contributed by atoms with Gasteiger partial charge < -0.3 is 24.1 Å². The number of hydrogen-bond donors (Lipinski definition) is 1. The van der Waals surface area contributed by atoms with Gasteiger partial charge >= 0.3 is 6.01 Å². The molecule has 0 unspecified atom stereocenters. The predicted octanol–water partition coefficient (Wildman–Crippen LogP) is 2.51. The van der Waals surface area contributed by atoms with Crippen molar-refractivity contribution in [2.75, 3.05) is 47.6 Å². The van der Waals surface area contributed by atoms with Crippen molar-refractivity contribution in [3.05, 3.63) is 41.1 Å². The molecule has 2 aliphatic heterocycles. The third kappa shape index (κ3) is 3.57. The Morgan fingerprint density at radius 1 is 1.19 bits per heavy atom. The van der Waals surface area contributed by atoms with E-state index in [4.69, 9.17) is 18.9 Å². The van der Waals surface area contributed by atoms with Crippen LogP contribution < -0.4 is 18.9 Å². The van der Waals surface area contributed by atoms with Gasteiger partial charge in [0, 0.05) is 37.3 Å². The van der Waals surface area contributed by atoms with Gasteiger partial charge in [0.05, 0.1) is 26.9 Å². The smallest absolute Gasteiger partial charge is 0.319 e. The number of fused-ring (bicyclic) bond motifs is 2. The minimum absolute atomic E-state index is 0.103. The zero-order chi connectivity index (χ0) is 22.3. The fourth-order valence-electron chi connectivity index (χ4n) is 5.46. The van der Waals surface area contributed by atoms with Crippen LogP contribution in [0.5, 0.6) is 23.4 Å². The average molecular weight is 440 g/mol. The molecule has 170 valence electrons. The normalized spacial score (nSPS) is 26.7. The molecule has 0 radical (unpaired) electrons. The van der Waals surface area contributed by atoms with Crippen molar-refractivity contribution in [2.24, 2.45) is 11.8 Å². The molecule has 1 saturated heterocycles. The lowest BCUT2D eigenvalue weighted by molar-refractivity contribution is -0.00913. The lowest BCUT2D eigenvalue weighted by Crippen LogP contribution is -2.36. The Labute approximate surface area is 187 Å². The molecule has 3 aliphatic rings. The van der Waals surface area contributed by atoms with Crippen molar-refractivity contribution in [1.29, 1.82) is 0 Å². The van der Waals surface area contributed by atoms with Gasteiger partial charge in [-0.25, -0.2) is 4.98 Å². The largest absolute Gasteiger partial charge is 0.497 e. The highest BCUT2D eigenvalue weighted by atomic mass is 16.5. The second kappa shape index (κ2) is 8.26. The third-order valence-electron chi connectivity index (χ3n) is 7.02. The quantitative estimate of drug-likeness (QED) is 0.735. The van der Waals surface area contributed by atoms with Crippen LogP contribution in [0.1, 0.15) is 24.0 Å². The molecule has 8 heteroatoms. The van der Waals surface area contributed by atoms with Gasteiger partial charge in [0.25, 0.3) is 0 Å². The van der Waals surface area contributed by atoms with E-state index in [9.17, 15) is 5.11 Å². The molecule has 5 rings (SSSR count).